The normalized spacial score (nSPS) is 30.6. The quantitative estimate of drug-likeness (QED) is 0.708. The van der Waals surface area contributed by atoms with Gasteiger partial charge in [-0.05, 0) is 27.7 Å². The highest BCUT2D eigenvalue weighted by molar-refractivity contribution is 8.02. The van der Waals surface area contributed by atoms with Crippen molar-refractivity contribution in [2.75, 3.05) is 13.2 Å². The molecule has 5 nitrogen and oxygen atoms in total. The predicted molar refractivity (Wildman–Crippen MR) is 97.2 cm³/mol. The lowest BCUT2D eigenvalue weighted by molar-refractivity contribution is -0.180. The summed E-state index contributed by atoms with van der Waals surface area (Å²) >= 11 is 1.58. The number of ketones is 1. The van der Waals surface area contributed by atoms with Crippen molar-refractivity contribution in [3.63, 3.8) is 0 Å². The molecule has 0 amide bonds. The van der Waals surface area contributed by atoms with Gasteiger partial charge in [-0.1, -0.05) is 27.7 Å². The molecule has 2 fully saturated rings. The number of hydrogen-bond acceptors (Lipinski definition) is 6. The minimum absolute atomic E-state index is 0.113. The van der Waals surface area contributed by atoms with Crippen molar-refractivity contribution in [2.45, 2.75) is 64.9 Å². The minimum atomic E-state index is -0.725. The molecule has 0 radical (unpaired) electrons. The van der Waals surface area contributed by atoms with E-state index < -0.39 is 38.1 Å². The second-order valence-corrected chi connectivity index (χ2v) is 10.4. The highest BCUT2D eigenvalue weighted by Gasteiger charge is 2.83. The minimum Gasteiger partial charge on any atom is -0.466 e. The average molecular weight is 371 g/mol. The number of esters is 2. The Balaban J connectivity index is 2.66. The van der Waals surface area contributed by atoms with Crippen molar-refractivity contribution in [2.24, 2.45) is 22.7 Å². The van der Waals surface area contributed by atoms with E-state index in [0.29, 0.717) is 0 Å². The third-order valence-corrected chi connectivity index (χ3v) is 8.39. The zero-order chi connectivity index (χ0) is 19.4. The summed E-state index contributed by atoms with van der Waals surface area (Å²) in [7, 11) is 0. The van der Waals surface area contributed by atoms with Gasteiger partial charge in [0.05, 0.1) is 29.8 Å². The first-order valence-corrected chi connectivity index (χ1v) is 9.72. The molecule has 0 N–H and O–H groups in total. The zero-order valence-corrected chi connectivity index (χ0v) is 17.3. The van der Waals surface area contributed by atoms with E-state index >= 15 is 0 Å². The molecule has 2 atom stereocenters. The van der Waals surface area contributed by atoms with Crippen LogP contribution in [-0.2, 0) is 23.9 Å². The number of ether oxygens (including phenoxy) is 2. The fourth-order valence-electron chi connectivity index (χ4n) is 5.23. The van der Waals surface area contributed by atoms with Crippen LogP contribution in [0.4, 0.5) is 0 Å². The molecule has 1 heterocycles. The van der Waals surface area contributed by atoms with Gasteiger partial charge in [-0.25, -0.2) is 0 Å². The topological polar surface area (TPSA) is 69.7 Å². The van der Waals surface area contributed by atoms with E-state index in [9.17, 15) is 14.4 Å². The van der Waals surface area contributed by atoms with Crippen LogP contribution < -0.4 is 0 Å². The van der Waals surface area contributed by atoms with Crippen LogP contribution in [0.15, 0.2) is 0 Å². The maximum atomic E-state index is 13.0. The molecule has 1 aliphatic carbocycles. The summed E-state index contributed by atoms with van der Waals surface area (Å²) in [5.41, 5.74) is -1.45. The van der Waals surface area contributed by atoms with Crippen LogP contribution in [0.2, 0.25) is 0 Å². The molecule has 2 rings (SSSR count). The van der Waals surface area contributed by atoms with Gasteiger partial charge in [0.2, 0.25) is 0 Å². The zero-order valence-electron chi connectivity index (χ0n) is 16.5. The van der Waals surface area contributed by atoms with Crippen LogP contribution in [0.3, 0.4) is 0 Å². The van der Waals surface area contributed by atoms with Gasteiger partial charge in [-0.2, -0.15) is 0 Å². The van der Waals surface area contributed by atoms with Gasteiger partial charge < -0.3 is 9.47 Å². The first kappa shape index (κ1) is 20.3. The maximum absolute atomic E-state index is 13.0. The van der Waals surface area contributed by atoms with Crippen LogP contribution in [0.25, 0.3) is 0 Å². The first-order valence-electron chi connectivity index (χ1n) is 8.91. The van der Waals surface area contributed by atoms with Crippen LogP contribution in [0.1, 0.15) is 55.4 Å². The van der Waals surface area contributed by atoms with Crippen LogP contribution >= 0.6 is 11.8 Å². The van der Waals surface area contributed by atoms with Crippen molar-refractivity contribution in [1.29, 1.82) is 0 Å². The smallest absolute Gasteiger partial charge is 0.311 e. The number of rotatable bonds is 4. The van der Waals surface area contributed by atoms with E-state index in [0.717, 1.165) is 0 Å². The number of Topliss-reactive ketones (excluding diaryl/α,β-unsaturated/α-hetero) is 1. The summed E-state index contributed by atoms with van der Waals surface area (Å²) < 4.78 is 9.41. The Bertz CT molecular complexity index is 587. The third-order valence-electron chi connectivity index (χ3n) is 6.02. The number of hydrogen-bond donors (Lipinski definition) is 0. The van der Waals surface area contributed by atoms with Gasteiger partial charge in [-0.15, -0.1) is 11.8 Å². The largest absolute Gasteiger partial charge is 0.466 e. The van der Waals surface area contributed by atoms with E-state index in [1.54, 1.807) is 25.6 Å². The van der Waals surface area contributed by atoms with Crippen molar-refractivity contribution in [3.05, 3.63) is 0 Å². The van der Waals surface area contributed by atoms with Crippen LogP contribution in [0.5, 0.6) is 0 Å². The molecule has 0 aromatic rings. The summed E-state index contributed by atoms with van der Waals surface area (Å²) in [6, 6.07) is 0. The highest BCUT2D eigenvalue weighted by atomic mass is 32.2. The second-order valence-electron chi connectivity index (χ2n) is 8.48. The van der Waals surface area contributed by atoms with E-state index in [4.69, 9.17) is 9.47 Å². The molecular weight excluding hydrogens is 340 g/mol. The number of carbonyl (C=O) groups excluding carboxylic acids is 3. The summed E-state index contributed by atoms with van der Waals surface area (Å²) in [6.45, 7) is 15.4. The molecule has 0 unspecified atom stereocenters. The standard InChI is InChI=1S/C19H30O5S/c1-9-23-13(20)11-12(14(21)24-10-2)19(25-18(11,7)8)16(3,4)15(22)17(19,5)6/h11-12H,9-10H2,1-8H3/t11-,12-/m0/s1. The highest BCUT2D eigenvalue weighted by Crippen LogP contribution is 2.76. The Labute approximate surface area is 154 Å². The Morgan fingerprint density at radius 3 is 1.68 bits per heavy atom. The molecule has 2 aliphatic rings. The summed E-state index contributed by atoms with van der Waals surface area (Å²) in [5, 5.41) is 0. The first-order chi connectivity index (χ1) is 11.3. The summed E-state index contributed by atoms with van der Waals surface area (Å²) in [5.74, 6) is -2.05. The molecule has 1 saturated heterocycles. The monoisotopic (exact) mass is 370 g/mol. The molecule has 1 aliphatic heterocycles. The van der Waals surface area contributed by atoms with Crippen molar-refractivity contribution >= 4 is 29.5 Å². The Kier molecular flexibility index (Phi) is 4.87. The Morgan fingerprint density at radius 2 is 1.28 bits per heavy atom. The molecule has 1 saturated carbocycles. The molecule has 0 aromatic carbocycles. The molecule has 142 valence electrons. The van der Waals surface area contributed by atoms with Crippen molar-refractivity contribution < 1.29 is 23.9 Å². The number of thioether (sulfide) groups is 1. The Hall–Kier alpha value is -1.04. The van der Waals surface area contributed by atoms with Gasteiger partial charge in [0.25, 0.3) is 0 Å². The van der Waals surface area contributed by atoms with Gasteiger partial charge in [0, 0.05) is 15.6 Å². The fraction of sp³-hybridized carbons (Fsp3) is 0.842. The van der Waals surface area contributed by atoms with Gasteiger partial charge in [-0.3, -0.25) is 14.4 Å². The molecule has 6 heteroatoms. The molecule has 1 spiro atoms. The molecule has 0 aromatic heterocycles. The van der Waals surface area contributed by atoms with E-state index in [-0.39, 0.29) is 25.0 Å². The van der Waals surface area contributed by atoms with Crippen molar-refractivity contribution in [3.8, 4) is 0 Å². The lowest BCUT2D eigenvalue weighted by Crippen LogP contribution is -2.75. The fourth-order valence-corrected chi connectivity index (χ4v) is 7.48. The van der Waals surface area contributed by atoms with E-state index in [2.05, 4.69) is 0 Å². The molecule has 0 bridgehead atoms. The van der Waals surface area contributed by atoms with Crippen LogP contribution in [-0.4, -0.2) is 40.4 Å². The summed E-state index contributed by atoms with van der Waals surface area (Å²) in [6.07, 6.45) is 0. The second kappa shape index (κ2) is 6.00. The lowest BCUT2D eigenvalue weighted by atomic mass is 9.41. The molecule has 25 heavy (non-hydrogen) atoms. The average Bonchev–Trinajstić information content (AvgIpc) is 2.77. The predicted octanol–water partition coefficient (Wildman–Crippen LogP) is 3.24. The SMILES string of the molecule is CCOC(=O)[C@@H]1[C@@H](C(=O)OCC)C2(SC1(C)C)C(C)(C)C(=O)C2(C)C. The van der Waals surface area contributed by atoms with E-state index in [1.807, 2.05) is 41.5 Å². The Morgan fingerprint density at radius 1 is 0.880 bits per heavy atom. The van der Waals surface area contributed by atoms with Gasteiger partial charge in [0.1, 0.15) is 5.78 Å². The summed E-state index contributed by atoms with van der Waals surface area (Å²) in [4.78, 5) is 38.6. The van der Waals surface area contributed by atoms with Crippen molar-refractivity contribution in [1.82, 2.24) is 0 Å². The van der Waals surface area contributed by atoms with Gasteiger partial charge in [0.15, 0.2) is 0 Å². The molecular formula is C19H30O5S. The third kappa shape index (κ3) is 2.39. The lowest BCUT2D eigenvalue weighted by Gasteiger charge is -2.65. The van der Waals surface area contributed by atoms with Gasteiger partial charge >= 0.3 is 11.9 Å². The van der Waals surface area contributed by atoms with Crippen LogP contribution in [0, 0.1) is 22.7 Å². The maximum Gasteiger partial charge on any atom is 0.311 e. The van der Waals surface area contributed by atoms with E-state index in [1.165, 1.54) is 0 Å². The number of carbonyl (C=O) groups is 3.